The molecule has 0 aromatic heterocycles. The van der Waals surface area contributed by atoms with E-state index < -0.39 is 23.4 Å². The first-order valence-electron chi connectivity index (χ1n) is 7.80. The number of hydrogen-bond donors (Lipinski definition) is 4. The molecule has 0 aliphatic heterocycles. The van der Waals surface area contributed by atoms with Crippen molar-refractivity contribution in [3.05, 3.63) is 58.1 Å². The Labute approximate surface area is 153 Å². The molecule has 0 unspecified atom stereocenters. The number of anilines is 2. The summed E-state index contributed by atoms with van der Waals surface area (Å²) in [6, 6.07) is 9.24. The van der Waals surface area contributed by atoms with Gasteiger partial charge in [-0.25, -0.2) is 4.79 Å². The van der Waals surface area contributed by atoms with Gasteiger partial charge in [0, 0.05) is 30.1 Å². The highest BCUT2D eigenvalue weighted by molar-refractivity contribution is 5.99. The number of nitro benzene ring substituents is 1. The van der Waals surface area contributed by atoms with Gasteiger partial charge in [0.1, 0.15) is 5.75 Å². The second-order valence-corrected chi connectivity index (χ2v) is 5.31. The summed E-state index contributed by atoms with van der Waals surface area (Å²) >= 11 is 0. The number of aliphatic hydroxyl groups excluding tert-OH is 1. The molecule has 1 amide bonds. The third-order valence-electron chi connectivity index (χ3n) is 3.35. The molecule has 142 valence electrons. The van der Waals surface area contributed by atoms with Crippen molar-refractivity contribution in [2.75, 3.05) is 30.4 Å². The molecule has 2 aromatic rings. The Bertz CT molecular complexity index is 837. The first-order valence-corrected chi connectivity index (χ1v) is 7.80. The van der Waals surface area contributed by atoms with Gasteiger partial charge in [-0.3, -0.25) is 14.9 Å². The van der Waals surface area contributed by atoms with E-state index in [0.29, 0.717) is 5.69 Å². The van der Waals surface area contributed by atoms with E-state index in [2.05, 4.69) is 10.6 Å². The van der Waals surface area contributed by atoms with Crippen LogP contribution in [0.5, 0.6) is 5.75 Å². The SMILES string of the molecule is O=C(COC(=O)c1cc([N+](=O)[O-])ccc1NCCO)Nc1ccc(O)cc1. The number of carbonyl (C=O) groups excluding carboxylic acids is 2. The number of amides is 1. The molecule has 0 aliphatic rings. The number of nitrogens with zero attached hydrogens (tertiary/aromatic N) is 1. The van der Waals surface area contributed by atoms with E-state index in [1.54, 1.807) is 0 Å². The zero-order valence-electron chi connectivity index (χ0n) is 14.0. The molecule has 0 saturated carbocycles. The van der Waals surface area contributed by atoms with Crippen LogP contribution in [0.2, 0.25) is 0 Å². The number of aromatic hydroxyl groups is 1. The fourth-order valence-corrected chi connectivity index (χ4v) is 2.11. The highest BCUT2D eigenvalue weighted by Crippen LogP contribution is 2.23. The van der Waals surface area contributed by atoms with Gasteiger partial charge in [0.25, 0.3) is 11.6 Å². The average molecular weight is 375 g/mol. The van der Waals surface area contributed by atoms with Gasteiger partial charge in [-0.1, -0.05) is 0 Å². The number of carbonyl (C=O) groups is 2. The summed E-state index contributed by atoms with van der Waals surface area (Å²) in [4.78, 5) is 34.3. The molecule has 4 N–H and O–H groups in total. The third-order valence-corrected chi connectivity index (χ3v) is 3.35. The zero-order valence-corrected chi connectivity index (χ0v) is 14.0. The lowest BCUT2D eigenvalue weighted by atomic mass is 10.1. The number of phenolic OH excluding ortho intramolecular Hbond substituents is 1. The maximum atomic E-state index is 12.2. The van der Waals surface area contributed by atoms with Crippen molar-refractivity contribution in [3.63, 3.8) is 0 Å². The van der Waals surface area contributed by atoms with Crippen molar-refractivity contribution in [1.29, 1.82) is 0 Å². The molecular weight excluding hydrogens is 358 g/mol. The van der Waals surface area contributed by atoms with Crippen LogP contribution in [0.4, 0.5) is 17.1 Å². The number of benzene rings is 2. The molecule has 27 heavy (non-hydrogen) atoms. The van der Waals surface area contributed by atoms with Gasteiger partial charge in [0.05, 0.1) is 17.1 Å². The maximum Gasteiger partial charge on any atom is 0.341 e. The maximum absolute atomic E-state index is 12.2. The third kappa shape index (κ3) is 5.68. The standard InChI is InChI=1S/C17H17N3O7/c21-8-7-18-15-6-3-12(20(25)26)9-14(15)17(24)27-10-16(23)19-11-1-4-13(22)5-2-11/h1-6,9,18,21-22H,7-8,10H2,(H,19,23). The monoisotopic (exact) mass is 375 g/mol. The van der Waals surface area contributed by atoms with Crippen LogP contribution in [0.1, 0.15) is 10.4 Å². The number of hydrogen-bond acceptors (Lipinski definition) is 8. The van der Waals surface area contributed by atoms with Crippen molar-refractivity contribution < 1.29 is 29.5 Å². The van der Waals surface area contributed by atoms with E-state index in [1.807, 2.05) is 0 Å². The summed E-state index contributed by atoms with van der Waals surface area (Å²) in [6.07, 6.45) is 0. The van der Waals surface area contributed by atoms with Crippen molar-refractivity contribution >= 4 is 28.9 Å². The quantitative estimate of drug-likeness (QED) is 0.234. The largest absolute Gasteiger partial charge is 0.508 e. The predicted octanol–water partition coefficient (Wildman–Crippen LogP) is 1.50. The minimum atomic E-state index is -0.931. The van der Waals surface area contributed by atoms with Gasteiger partial charge in [0.2, 0.25) is 0 Å². The molecule has 10 heteroatoms. The van der Waals surface area contributed by atoms with Crippen molar-refractivity contribution in [2.45, 2.75) is 0 Å². The van der Waals surface area contributed by atoms with Crippen LogP contribution in [0.3, 0.4) is 0 Å². The Balaban J connectivity index is 2.04. The van der Waals surface area contributed by atoms with E-state index in [4.69, 9.17) is 9.84 Å². The molecule has 0 radical (unpaired) electrons. The van der Waals surface area contributed by atoms with Crippen LogP contribution in [0, 0.1) is 10.1 Å². The first kappa shape index (κ1) is 19.7. The molecule has 0 heterocycles. The molecule has 0 spiro atoms. The lowest BCUT2D eigenvalue weighted by molar-refractivity contribution is -0.384. The summed E-state index contributed by atoms with van der Waals surface area (Å²) in [6.45, 7) is -0.693. The van der Waals surface area contributed by atoms with E-state index in [9.17, 15) is 24.8 Å². The Hall–Kier alpha value is -3.66. The smallest absolute Gasteiger partial charge is 0.341 e. The predicted molar refractivity (Wildman–Crippen MR) is 95.7 cm³/mol. The van der Waals surface area contributed by atoms with Gasteiger partial charge in [-0.2, -0.15) is 0 Å². The van der Waals surface area contributed by atoms with Gasteiger partial charge >= 0.3 is 5.97 Å². The Morgan fingerprint density at radius 2 is 1.85 bits per heavy atom. The molecule has 2 aromatic carbocycles. The van der Waals surface area contributed by atoms with Gasteiger partial charge in [-0.15, -0.1) is 0 Å². The van der Waals surface area contributed by atoms with Crippen LogP contribution in [0.25, 0.3) is 0 Å². The lowest BCUT2D eigenvalue weighted by Crippen LogP contribution is -2.21. The van der Waals surface area contributed by atoms with E-state index in [-0.39, 0.29) is 35.8 Å². The number of ether oxygens (including phenoxy) is 1. The molecule has 2 rings (SSSR count). The summed E-state index contributed by atoms with van der Waals surface area (Å²) in [5.41, 5.74) is 0.188. The number of non-ortho nitro benzene ring substituents is 1. The molecule has 0 aliphatic carbocycles. The van der Waals surface area contributed by atoms with E-state index in [1.165, 1.54) is 36.4 Å². The fourth-order valence-electron chi connectivity index (χ4n) is 2.11. The van der Waals surface area contributed by atoms with Gasteiger partial charge < -0.3 is 25.6 Å². The minimum absolute atomic E-state index is 0.0352. The molecular formula is C17H17N3O7. The van der Waals surface area contributed by atoms with Crippen LogP contribution in [-0.4, -0.2) is 46.8 Å². The molecule has 0 bridgehead atoms. The van der Waals surface area contributed by atoms with Crippen molar-refractivity contribution in [1.82, 2.24) is 0 Å². The first-order chi connectivity index (χ1) is 12.9. The molecule has 0 atom stereocenters. The summed E-state index contributed by atoms with van der Waals surface area (Å²) < 4.78 is 4.92. The average Bonchev–Trinajstić information content (AvgIpc) is 2.66. The zero-order chi connectivity index (χ0) is 19.8. The highest BCUT2D eigenvalue weighted by Gasteiger charge is 2.19. The van der Waals surface area contributed by atoms with Crippen LogP contribution in [0.15, 0.2) is 42.5 Å². The number of nitro groups is 1. The Kier molecular flexibility index (Phi) is 6.67. The van der Waals surface area contributed by atoms with Crippen LogP contribution in [-0.2, 0) is 9.53 Å². The van der Waals surface area contributed by atoms with Crippen molar-refractivity contribution in [2.24, 2.45) is 0 Å². The fraction of sp³-hybridized carbons (Fsp3) is 0.176. The Morgan fingerprint density at radius 1 is 1.15 bits per heavy atom. The van der Waals surface area contributed by atoms with E-state index >= 15 is 0 Å². The van der Waals surface area contributed by atoms with Crippen LogP contribution < -0.4 is 10.6 Å². The second kappa shape index (κ2) is 9.15. The number of phenols is 1. The van der Waals surface area contributed by atoms with Gasteiger partial charge in [0.15, 0.2) is 6.61 Å². The summed E-state index contributed by atoms with van der Waals surface area (Å²) in [5, 5.41) is 34.2. The molecule has 0 saturated heterocycles. The van der Waals surface area contributed by atoms with E-state index in [0.717, 1.165) is 6.07 Å². The summed E-state index contributed by atoms with van der Waals surface area (Å²) in [5.74, 6) is -1.52. The summed E-state index contributed by atoms with van der Waals surface area (Å²) in [7, 11) is 0. The van der Waals surface area contributed by atoms with Crippen LogP contribution >= 0.6 is 0 Å². The second-order valence-electron chi connectivity index (χ2n) is 5.31. The molecule has 0 fully saturated rings. The molecule has 10 nitrogen and oxygen atoms in total. The Morgan fingerprint density at radius 3 is 2.48 bits per heavy atom. The highest BCUT2D eigenvalue weighted by atomic mass is 16.6. The lowest BCUT2D eigenvalue weighted by Gasteiger charge is -2.11. The number of rotatable bonds is 8. The topological polar surface area (TPSA) is 151 Å². The number of aliphatic hydroxyl groups is 1. The van der Waals surface area contributed by atoms with Gasteiger partial charge in [-0.05, 0) is 30.3 Å². The number of esters is 1. The van der Waals surface area contributed by atoms with Crippen molar-refractivity contribution in [3.8, 4) is 5.75 Å². The normalized spacial score (nSPS) is 10.1. The number of nitrogens with one attached hydrogen (secondary N) is 2. The minimum Gasteiger partial charge on any atom is -0.508 e.